The molecule has 0 aliphatic heterocycles. The predicted octanol–water partition coefficient (Wildman–Crippen LogP) is 1.22. The fraction of sp³-hybridized carbons (Fsp3) is 0.500. The lowest BCUT2D eigenvalue weighted by Gasteiger charge is -2.07. The smallest absolute Gasteiger partial charge is 0.265 e. The minimum absolute atomic E-state index is 0.213. The minimum Gasteiger partial charge on any atom is -0.330 e. The van der Waals surface area contributed by atoms with Crippen LogP contribution in [0, 0.1) is 10.1 Å². The molecule has 0 saturated carbocycles. The quantitative estimate of drug-likeness (QED) is 0.508. The molecule has 0 bridgehead atoms. The molecule has 0 atom stereocenters. The number of nitrogens with zero attached hydrogens (tertiary/aromatic N) is 1. The van der Waals surface area contributed by atoms with Gasteiger partial charge in [0.25, 0.3) is 5.70 Å². The third-order valence-electron chi connectivity index (χ3n) is 1.85. The van der Waals surface area contributed by atoms with E-state index in [2.05, 4.69) is 0 Å². The molecule has 0 amide bonds. The van der Waals surface area contributed by atoms with E-state index in [9.17, 15) is 10.1 Å². The van der Waals surface area contributed by atoms with E-state index in [0.29, 0.717) is 6.54 Å². The summed E-state index contributed by atoms with van der Waals surface area (Å²) in [6.07, 6.45) is 5.73. The summed E-state index contributed by atoms with van der Waals surface area (Å²) in [5.74, 6) is 0. The Morgan fingerprint density at radius 1 is 1.67 bits per heavy atom. The van der Waals surface area contributed by atoms with Gasteiger partial charge in [-0.1, -0.05) is 5.57 Å². The van der Waals surface area contributed by atoms with Crippen LogP contribution in [0.3, 0.4) is 0 Å². The van der Waals surface area contributed by atoms with E-state index in [4.69, 9.17) is 5.73 Å². The van der Waals surface area contributed by atoms with Crippen LogP contribution in [0.5, 0.6) is 0 Å². The van der Waals surface area contributed by atoms with Gasteiger partial charge in [-0.15, -0.1) is 0 Å². The second-order valence-electron chi connectivity index (χ2n) is 2.77. The van der Waals surface area contributed by atoms with Gasteiger partial charge in [0, 0.05) is 6.08 Å². The van der Waals surface area contributed by atoms with E-state index in [1.54, 1.807) is 12.2 Å². The summed E-state index contributed by atoms with van der Waals surface area (Å²) in [5, 5.41) is 10.4. The Balaban J connectivity index is 2.67. The highest BCUT2D eigenvalue weighted by molar-refractivity contribution is 5.22. The molecule has 66 valence electrons. The summed E-state index contributed by atoms with van der Waals surface area (Å²) in [7, 11) is 0. The van der Waals surface area contributed by atoms with Crippen molar-refractivity contribution in [1.29, 1.82) is 0 Å². The van der Waals surface area contributed by atoms with Gasteiger partial charge in [0.2, 0.25) is 0 Å². The molecular formula is C8H12N2O2. The van der Waals surface area contributed by atoms with Gasteiger partial charge < -0.3 is 5.73 Å². The number of nitrogens with two attached hydrogens (primary N) is 1. The van der Waals surface area contributed by atoms with E-state index in [0.717, 1.165) is 24.8 Å². The standard InChI is InChI=1S/C8H12N2O2/c9-5-4-7-2-1-3-8(6-7)10(11)12/h3,6H,1-2,4-5,9H2. The second kappa shape index (κ2) is 4.01. The summed E-state index contributed by atoms with van der Waals surface area (Å²) in [6.45, 7) is 0.566. The number of hydrogen-bond acceptors (Lipinski definition) is 3. The summed E-state index contributed by atoms with van der Waals surface area (Å²) < 4.78 is 0. The van der Waals surface area contributed by atoms with Crippen molar-refractivity contribution in [1.82, 2.24) is 0 Å². The molecule has 2 N–H and O–H groups in total. The molecule has 0 aromatic rings. The third-order valence-corrected chi connectivity index (χ3v) is 1.85. The molecule has 0 radical (unpaired) electrons. The average molecular weight is 168 g/mol. The Morgan fingerprint density at radius 2 is 2.42 bits per heavy atom. The first-order chi connectivity index (χ1) is 5.74. The minimum atomic E-state index is -0.352. The zero-order valence-electron chi connectivity index (χ0n) is 6.82. The molecule has 1 aliphatic rings. The fourth-order valence-electron chi connectivity index (χ4n) is 1.26. The van der Waals surface area contributed by atoms with E-state index in [-0.39, 0.29) is 10.6 Å². The molecule has 0 aromatic carbocycles. The van der Waals surface area contributed by atoms with Crippen molar-refractivity contribution >= 4 is 0 Å². The van der Waals surface area contributed by atoms with E-state index in [1.807, 2.05) is 0 Å². The van der Waals surface area contributed by atoms with E-state index in [1.165, 1.54) is 0 Å². The topological polar surface area (TPSA) is 69.2 Å². The summed E-state index contributed by atoms with van der Waals surface area (Å²) in [4.78, 5) is 10.0. The second-order valence-corrected chi connectivity index (χ2v) is 2.77. The Labute approximate surface area is 70.9 Å². The van der Waals surface area contributed by atoms with Crippen molar-refractivity contribution in [3.63, 3.8) is 0 Å². The SMILES string of the molecule is NCCC1=CC([N+](=O)[O-])=CCC1. The van der Waals surface area contributed by atoms with Gasteiger partial charge in [-0.25, -0.2) is 0 Å². The summed E-state index contributed by atoms with van der Waals surface area (Å²) in [5.41, 5.74) is 6.65. The van der Waals surface area contributed by atoms with Crippen LogP contribution < -0.4 is 5.73 Å². The Morgan fingerprint density at radius 3 is 3.00 bits per heavy atom. The molecule has 4 heteroatoms. The van der Waals surface area contributed by atoms with Crippen LogP contribution in [0.1, 0.15) is 19.3 Å². The Kier molecular flexibility index (Phi) is 2.99. The maximum atomic E-state index is 10.4. The van der Waals surface area contributed by atoms with Crippen LogP contribution in [0.15, 0.2) is 23.4 Å². The van der Waals surface area contributed by atoms with Crippen LogP contribution in [-0.4, -0.2) is 11.5 Å². The number of allylic oxidation sites excluding steroid dienone is 2. The van der Waals surface area contributed by atoms with Crippen LogP contribution in [-0.2, 0) is 0 Å². The van der Waals surface area contributed by atoms with E-state index >= 15 is 0 Å². The van der Waals surface area contributed by atoms with Gasteiger partial charge in [-0.3, -0.25) is 10.1 Å². The van der Waals surface area contributed by atoms with Crippen molar-refractivity contribution in [2.75, 3.05) is 6.54 Å². The Hall–Kier alpha value is -1.16. The molecule has 0 fully saturated rings. The predicted molar refractivity (Wildman–Crippen MR) is 46.1 cm³/mol. The molecule has 1 aliphatic carbocycles. The first-order valence-corrected chi connectivity index (χ1v) is 3.98. The molecule has 4 nitrogen and oxygen atoms in total. The lowest BCUT2D eigenvalue weighted by atomic mass is 10.0. The van der Waals surface area contributed by atoms with Crippen molar-refractivity contribution in [3.8, 4) is 0 Å². The molecule has 0 spiro atoms. The molecule has 0 unspecified atom stereocenters. The fourth-order valence-corrected chi connectivity index (χ4v) is 1.26. The molecular weight excluding hydrogens is 156 g/mol. The Bertz CT molecular complexity index is 243. The summed E-state index contributed by atoms with van der Waals surface area (Å²) in [6, 6.07) is 0. The lowest BCUT2D eigenvalue weighted by molar-refractivity contribution is -0.419. The zero-order chi connectivity index (χ0) is 8.97. The van der Waals surface area contributed by atoms with Crippen LogP contribution in [0.4, 0.5) is 0 Å². The largest absolute Gasteiger partial charge is 0.330 e. The molecule has 0 heterocycles. The molecule has 0 saturated heterocycles. The first-order valence-electron chi connectivity index (χ1n) is 3.98. The highest BCUT2D eigenvalue weighted by Gasteiger charge is 2.12. The maximum Gasteiger partial charge on any atom is 0.265 e. The monoisotopic (exact) mass is 168 g/mol. The van der Waals surface area contributed by atoms with Gasteiger partial charge in [0.1, 0.15) is 0 Å². The van der Waals surface area contributed by atoms with Crippen molar-refractivity contribution in [2.45, 2.75) is 19.3 Å². The van der Waals surface area contributed by atoms with E-state index < -0.39 is 0 Å². The number of nitro groups is 1. The van der Waals surface area contributed by atoms with Crippen LogP contribution in [0.25, 0.3) is 0 Å². The van der Waals surface area contributed by atoms with Gasteiger partial charge in [0.15, 0.2) is 0 Å². The highest BCUT2D eigenvalue weighted by Crippen LogP contribution is 2.19. The average Bonchev–Trinajstić information content (AvgIpc) is 2.05. The van der Waals surface area contributed by atoms with Crippen molar-refractivity contribution in [2.24, 2.45) is 5.73 Å². The zero-order valence-corrected chi connectivity index (χ0v) is 6.82. The van der Waals surface area contributed by atoms with Crippen molar-refractivity contribution in [3.05, 3.63) is 33.5 Å². The van der Waals surface area contributed by atoms with Gasteiger partial charge in [0.05, 0.1) is 4.92 Å². The van der Waals surface area contributed by atoms with Crippen LogP contribution in [0.2, 0.25) is 0 Å². The number of rotatable bonds is 3. The van der Waals surface area contributed by atoms with Gasteiger partial charge in [-0.2, -0.15) is 0 Å². The maximum absolute atomic E-state index is 10.4. The van der Waals surface area contributed by atoms with Gasteiger partial charge in [-0.05, 0) is 31.9 Å². The number of hydrogen-bond donors (Lipinski definition) is 1. The first kappa shape index (κ1) is 8.93. The molecule has 1 rings (SSSR count). The molecule has 12 heavy (non-hydrogen) atoms. The summed E-state index contributed by atoms with van der Waals surface area (Å²) >= 11 is 0. The lowest BCUT2D eigenvalue weighted by Crippen LogP contribution is -2.05. The third kappa shape index (κ3) is 2.17. The van der Waals surface area contributed by atoms with Crippen molar-refractivity contribution < 1.29 is 4.92 Å². The van der Waals surface area contributed by atoms with Gasteiger partial charge >= 0.3 is 0 Å². The highest BCUT2D eigenvalue weighted by atomic mass is 16.6. The normalized spacial score (nSPS) is 16.8. The van der Waals surface area contributed by atoms with Crippen LogP contribution >= 0.6 is 0 Å². The molecule has 0 aromatic heterocycles.